The third kappa shape index (κ3) is 3.03. The molecule has 0 radical (unpaired) electrons. The van der Waals surface area contributed by atoms with Crippen LogP contribution in [0.15, 0.2) is 61.2 Å². The summed E-state index contributed by atoms with van der Waals surface area (Å²) in [6, 6.07) is 13.7. The lowest BCUT2D eigenvalue weighted by atomic mass is 10.0. The van der Waals surface area contributed by atoms with Crippen LogP contribution in [0.1, 0.15) is 34.8 Å². The molecule has 126 valence electrons. The minimum atomic E-state index is -0.269. The Morgan fingerprint density at radius 3 is 2.72 bits per heavy atom. The molecule has 1 fully saturated rings. The van der Waals surface area contributed by atoms with Crippen LogP contribution < -0.4 is 0 Å². The molecule has 1 atom stereocenters. The molecule has 5 nitrogen and oxygen atoms in total. The van der Waals surface area contributed by atoms with Crippen molar-refractivity contribution in [3.05, 3.63) is 78.1 Å². The van der Waals surface area contributed by atoms with E-state index < -0.39 is 0 Å². The van der Waals surface area contributed by atoms with Gasteiger partial charge in [-0.1, -0.05) is 12.1 Å². The summed E-state index contributed by atoms with van der Waals surface area (Å²) < 4.78 is 15.2. The SMILES string of the molecule is O=C(c1ccc(-n2cncn2)cc1)N1CCCC1c1cccc(F)c1. The van der Waals surface area contributed by atoms with Gasteiger partial charge in [0.15, 0.2) is 0 Å². The van der Waals surface area contributed by atoms with Crippen molar-refractivity contribution in [3.8, 4) is 5.69 Å². The predicted octanol–water partition coefficient (Wildman–Crippen LogP) is 3.38. The van der Waals surface area contributed by atoms with Gasteiger partial charge >= 0.3 is 0 Å². The number of hydrogen-bond acceptors (Lipinski definition) is 3. The van der Waals surface area contributed by atoms with Gasteiger partial charge < -0.3 is 4.90 Å². The first kappa shape index (κ1) is 15.5. The fourth-order valence-electron chi connectivity index (χ4n) is 3.33. The number of carbonyl (C=O) groups excluding carboxylic acids is 1. The minimum absolute atomic E-state index is 0.0306. The predicted molar refractivity (Wildman–Crippen MR) is 90.8 cm³/mol. The van der Waals surface area contributed by atoms with E-state index in [1.807, 2.05) is 23.1 Å². The number of benzene rings is 2. The first-order valence-corrected chi connectivity index (χ1v) is 8.24. The van der Waals surface area contributed by atoms with Gasteiger partial charge in [-0.3, -0.25) is 4.79 Å². The summed E-state index contributed by atoms with van der Waals surface area (Å²) >= 11 is 0. The molecule has 2 heterocycles. The quantitative estimate of drug-likeness (QED) is 0.737. The van der Waals surface area contributed by atoms with Gasteiger partial charge in [0, 0.05) is 12.1 Å². The van der Waals surface area contributed by atoms with Crippen LogP contribution >= 0.6 is 0 Å². The van der Waals surface area contributed by atoms with E-state index >= 15 is 0 Å². The monoisotopic (exact) mass is 336 g/mol. The molecule has 0 spiro atoms. The Bertz CT molecular complexity index is 877. The van der Waals surface area contributed by atoms with Gasteiger partial charge in [-0.15, -0.1) is 0 Å². The summed E-state index contributed by atoms with van der Waals surface area (Å²) in [5.74, 6) is -0.300. The third-order valence-electron chi connectivity index (χ3n) is 4.54. The van der Waals surface area contributed by atoms with Crippen molar-refractivity contribution in [2.75, 3.05) is 6.54 Å². The topological polar surface area (TPSA) is 51.0 Å². The van der Waals surface area contributed by atoms with Crippen LogP contribution in [-0.4, -0.2) is 32.1 Å². The first-order chi connectivity index (χ1) is 12.2. The number of nitrogens with zero attached hydrogens (tertiary/aromatic N) is 4. The molecule has 0 N–H and O–H groups in total. The van der Waals surface area contributed by atoms with Crippen LogP contribution in [0.25, 0.3) is 5.69 Å². The van der Waals surface area contributed by atoms with Gasteiger partial charge in [0.05, 0.1) is 11.7 Å². The molecule has 1 aromatic heterocycles. The van der Waals surface area contributed by atoms with E-state index in [-0.39, 0.29) is 17.8 Å². The number of carbonyl (C=O) groups is 1. The van der Waals surface area contributed by atoms with Gasteiger partial charge in [-0.25, -0.2) is 14.1 Å². The Labute approximate surface area is 144 Å². The minimum Gasteiger partial charge on any atom is -0.332 e. The molecule has 0 saturated carbocycles. The first-order valence-electron chi connectivity index (χ1n) is 8.24. The molecule has 1 saturated heterocycles. The molecule has 1 amide bonds. The molecule has 1 unspecified atom stereocenters. The summed E-state index contributed by atoms with van der Waals surface area (Å²) in [4.78, 5) is 18.7. The fourth-order valence-corrected chi connectivity index (χ4v) is 3.33. The number of amides is 1. The third-order valence-corrected chi connectivity index (χ3v) is 4.54. The number of hydrogen-bond donors (Lipinski definition) is 0. The molecular formula is C19H17FN4O. The summed E-state index contributed by atoms with van der Waals surface area (Å²) in [5, 5.41) is 4.07. The second kappa shape index (κ2) is 6.47. The van der Waals surface area contributed by atoms with Crippen LogP contribution in [0.3, 0.4) is 0 Å². The van der Waals surface area contributed by atoms with Crippen molar-refractivity contribution in [2.24, 2.45) is 0 Å². The smallest absolute Gasteiger partial charge is 0.254 e. The molecule has 0 bridgehead atoms. The van der Waals surface area contributed by atoms with E-state index in [0.717, 1.165) is 24.1 Å². The summed E-state index contributed by atoms with van der Waals surface area (Å²) in [7, 11) is 0. The second-order valence-corrected chi connectivity index (χ2v) is 6.10. The van der Waals surface area contributed by atoms with Crippen LogP contribution in [0.2, 0.25) is 0 Å². The zero-order chi connectivity index (χ0) is 17.2. The Hall–Kier alpha value is -3.02. The van der Waals surface area contributed by atoms with Gasteiger partial charge in [0.2, 0.25) is 0 Å². The van der Waals surface area contributed by atoms with Crippen LogP contribution in [-0.2, 0) is 0 Å². The number of likely N-dealkylation sites (tertiary alicyclic amines) is 1. The van der Waals surface area contributed by atoms with Crippen molar-refractivity contribution < 1.29 is 9.18 Å². The Morgan fingerprint density at radius 1 is 1.16 bits per heavy atom. The second-order valence-electron chi connectivity index (χ2n) is 6.10. The lowest BCUT2D eigenvalue weighted by Crippen LogP contribution is -2.30. The number of aromatic nitrogens is 3. The highest BCUT2D eigenvalue weighted by Gasteiger charge is 2.30. The van der Waals surface area contributed by atoms with Crippen molar-refractivity contribution in [3.63, 3.8) is 0 Å². The maximum absolute atomic E-state index is 13.5. The van der Waals surface area contributed by atoms with Crippen molar-refractivity contribution in [1.29, 1.82) is 0 Å². The van der Waals surface area contributed by atoms with Gasteiger partial charge in [-0.2, -0.15) is 5.10 Å². The Balaban J connectivity index is 1.57. The van der Waals surface area contributed by atoms with Crippen molar-refractivity contribution in [1.82, 2.24) is 19.7 Å². The highest BCUT2D eigenvalue weighted by Crippen LogP contribution is 2.33. The molecular weight excluding hydrogens is 319 g/mol. The van der Waals surface area contributed by atoms with Crippen molar-refractivity contribution in [2.45, 2.75) is 18.9 Å². The lowest BCUT2D eigenvalue weighted by Gasteiger charge is -2.25. The molecule has 3 aromatic rings. The van der Waals surface area contributed by atoms with Crippen LogP contribution in [0.5, 0.6) is 0 Å². The number of rotatable bonds is 3. The van der Waals surface area contributed by atoms with Crippen LogP contribution in [0.4, 0.5) is 4.39 Å². The molecule has 6 heteroatoms. The largest absolute Gasteiger partial charge is 0.332 e. The summed E-state index contributed by atoms with van der Waals surface area (Å²) in [6.07, 6.45) is 4.85. The summed E-state index contributed by atoms with van der Waals surface area (Å²) in [5.41, 5.74) is 2.31. The van der Waals surface area contributed by atoms with Crippen molar-refractivity contribution >= 4 is 5.91 Å². The normalized spacial score (nSPS) is 17.0. The highest BCUT2D eigenvalue weighted by molar-refractivity contribution is 5.94. The average molecular weight is 336 g/mol. The zero-order valence-corrected chi connectivity index (χ0v) is 13.5. The van der Waals surface area contributed by atoms with E-state index in [2.05, 4.69) is 10.1 Å². The molecule has 1 aliphatic heterocycles. The molecule has 2 aromatic carbocycles. The Kier molecular flexibility index (Phi) is 4.01. The highest BCUT2D eigenvalue weighted by atomic mass is 19.1. The van der Waals surface area contributed by atoms with E-state index in [4.69, 9.17) is 0 Å². The average Bonchev–Trinajstić information content (AvgIpc) is 3.33. The standard InChI is InChI=1S/C19H17FN4O/c20-16-4-1-3-15(11-16)18-5-2-10-23(18)19(25)14-6-8-17(9-7-14)24-13-21-12-22-24/h1,3-4,6-9,11-13,18H,2,5,10H2. The van der Waals surface area contributed by atoms with Gasteiger partial charge in [-0.05, 0) is 54.8 Å². The molecule has 0 aliphatic carbocycles. The molecule has 4 rings (SSSR count). The van der Waals surface area contributed by atoms with Gasteiger partial charge in [0.1, 0.15) is 18.5 Å². The van der Waals surface area contributed by atoms with E-state index in [9.17, 15) is 9.18 Å². The summed E-state index contributed by atoms with van der Waals surface area (Å²) in [6.45, 7) is 0.685. The fraction of sp³-hybridized carbons (Fsp3) is 0.211. The lowest BCUT2D eigenvalue weighted by molar-refractivity contribution is 0.0735. The molecule has 1 aliphatic rings. The maximum Gasteiger partial charge on any atom is 0.254 e. The number of halogens is 1. The molecule has 25 heavy (non-hydrogen) atoms. The zero-order valence-electron chi connectivity index (χ0n) is 13.5. The van der Waals surface area contributed by atoms with E-state index in [1.54, 1.807) is 29.2 Å². The van der Waals surface area contributed by atoms with Crippen LogP contribution in [0, 0.1) is 5.82 Å². The Morgan fingerprint density at radius 2 is 2.00 bits per heavy atom. The van der Waals surface area contributed by atoms with E-state index in [1.165, 1.54) is 18.5 Å². The maximum atomic E-state index is 13.5. The van der Waals surface area contributed by atoms with Gasteiger partial charge in [0.25, 0.3) is 5.91 Å². The van der Waals surface area contributed by atoms with E-state index in [0.29, 0.717) is 12.1 Å².